The molecule has 0 unspecified atom stereocenters. The van der Waals surface area contributed by atoms with Crippen LogP contribution in [0.1, 0.15) is 32.1 Å². The molecule has 0 saturated carbocycles. The van der Waals surface area contributed by atoms with Crippen LogP contribution in [0.25, 0.3) is 0 Å². The molecule has 1 aliphatic heterocycles. The molecular weight excluding hydrogens is 256 g/mol. The maximum absolute atomic E-state index is 10.5. The predicted molar refractivity (Wildman–Crippen MR) is 53.0 cm³/mol. The van der Waals surface area contributed by atoms with E-state index >= 15 is 0 Å². The second-order valence-electron chi connectivity index (χ2n) is 4.24. The number of carboxylic acid groups (broad SMARTS) is 2. The third-order valence-electron chi connectivity index (χ3n) is 2.98. The van der Waals surface area contributed by atoms with E-state index in [-0.39, 0.29) is 65.5 Å². The van der Waals surface area contributed by atoms with E-state index in [0.717, 1.165) is 19.6 Å². The molecule has 0 aromatic heterocycles. The third kappa shape index (κ3) is 8.15. The van der Waals surface area contributed by atoms with Gasteiger partial charge in [-0.3, -0.25) is 0 Å². The molecule has 1 fully saturated rings. The number of carbonyl (C=O) groups is 2. The fourth-order valence-corrected chi connectivity index (χ4v) is 2.03. The molecule has 92 valence electrons. The van der Waals surface area contributed by atoms with Crippen LogP contribution in [-0.4, -0.2) is 36.5 Å². The first-order chi connectivity index (χ1) is 7.61. The Balaban J connectivity index is 0. The number of likely N-dealkylation sites (tertiary alicyclic amines) is 1. The zero-order valence-electron chi connectivity index (χ0n) is 11.3. The molecule has 0 aromatic rings. The smallest absolute Gasteiger partial charge is 0.549 e. The zero-order valence-corrected chi connectivity index (χ0v) is 15.3. The van der Waals surface area contributed by atoms with Crippen LogP contribution >= 0.6 is 0 Å². The molecule has 0 amide bonds. The second kappa shape index (κ2) is 11.7. The molecule has 0 N–H and O–H groups in total. The number of piperidine rings is 1. The number of carboxylic acids is 2. The molecule has 0 aromatic carbocycles. The third-order valence-corrected chi connectivity index (χ3v) is 2.98. The molecule has 0 atom stereocenters. The van der Waals surface area contributed by atoms with Crippen LogP contribution in [-0.2, 0) is 9.59 Å². The van der Waals surface area contributed by atoms with E-state index in [4.69, 9.17) is 0 Å². The molecule has 0 aliphatic carbocycles. The van der Waals surface area contributed by atoms with Gasteiger partial charge in [0.05, 0.1) is 11.9 Å². The van der Waals surface area contributed by atoms with Gasteiger partial charge < -0.3 is 24.7 Å². The van der Waals surface area contributed by atoms with E-state index in [1.807, 2.05) is 0 Å². The molecule has 0 radical (unpaired) electrons. The summed E-state index contributed by atoms with van der Waals surface area (Å²) in [5.41, 5.74) is 0. The Morgan fingerprint density at radius 2 is 1.50 bits per heavy atom. The zero-order chi connectivity index (χ0) is 12.0. The fraction of sp³-hybridized carbons (Fsp3) is 0.818. The molecule has 1 rings (SSSR count). The summed E-state index contributed by atoms with van der Waals surface area (Å²) < 4.78 is 0. The van der Waals surface area contributed by atoms with E-state index in [2.05, 4.69) is 4.90 Å². The van der Waals surface area contributed by atoms with Crippen molar-refractivity contribution < 1.29 is 78.9 Å². The Kier molecular flexibility index (Phi) is 13.8. The van der Waals surface area contributed by atoms with Gasteiger partial charge in [0, 0.05) is 5.92 Å². The molecule has 1 aliphatic rings. The first kappa shape index (κ1) is 21.2. The normalized spacial score (nSPS) is 15.6. The van der Waals surface area contributed by atoms with E-state index in [9.17, 15) is 19.8 Å². The number of carbonyl (C=O) groups excluding carboxylic acids is 2. The Labute approximate surface area is 152 Å². The standard InChI is InChI=1S/C11H19NO4.2Na/c13-10(14)9(11(15)16)5-4-8-12-6-2-1-3-7-12;;/h9H,1-8H2,(H,13,14)(H,15,16);;/q;2*+1/p-2. The van der Waals surface area contributed by atoms with Crippen LogP contribution in [0.2, 0.25) is 0 Å². The summed E-state index contributed by atoms with van der Waals surface area (Å²) in [6.07, 6.45) is 4.25. The van der Waals surface area contributed by atoms with Crippen LogP contribution in [0.3, 0.4) is 0 Å². The van der Waals surface area contributed by atoms with Gasteiger partial charge in [-0.1, -0.05) is 6.42 Å². The van der Waals surface area contributed by atoms with Gasteiger partial charge in [0.1, 0.15) is 0 Å². The molecule has 7 heteroatoms. The molecule has 1 heterocycles. The number of hydrogen-bond acceptors (Lipinski definition) is 5. The molecule has 1 saturated heterocycles. The molecule has 0 spiro atoms. The number of rotatable bonds is 6. The summed E-state index contributed by atoms with van der Waals surface area (Å²) in [5.74, 6) is -4.55. The maximum Gasteiger partial charge on any atom is 1.00 e. The van der Waals surface area contributed by atoms with Gasteiger partial charge in [0.15, 0.2) is 0 Å². The summed E-state index contributed by atoms with van der Waals surface area (Å²) in [4.78, 5) is 23.2. The van der Waals surface area contributed by atoms with Gasteiger partial charge in [-0.15, -0.1) is 0 Å². The first-order valence-electron chi connectivity index (χ1n) is 5.75. The van der Waals surface area contributed by atoms with E-state index in [1.165, 1.54) is 19.3 Å². The minimum absolute atomic E-state index is 0. The number of aliphatic carboxylic acids is 2. The van der Waals surface area contributed by atoms with Gasteiger partial charge in [-0.05, 0) is 45.3 Å². The van der Waals surface area contributed by atoms with Crippen molar-refractivity contribution in [1.29, 1.82) is 0 Å². The van der Waals surface area contributed by atoms with Crippen molar-refractivity contribution in [2.75, 3.05) is 19.6 Å². The van der Waals surface area contributed by atoms with Gasteiger partial charge >= 0.3 is 59.1 Å². The summed E-state index contributed by atoms with van der Waals surface area (Å²) >= 11 is 0. The van der Waals surface area contributed by atoms with Crippen molar-refractivity contribution >= 4 is 11.9 Å². The summed E-state index contributed by atoms with van der Waals surface area (Å²) in [7, 11) is 0. The topological polar surface area (TPSA) is 83.5 Å². The van der Waals surface area contributed by atoms with E-state index in [0.29, 0.717) is 6.42 Å². The monoisotopic (exact) mass is 273 g/mol. The van der Waals surface area contributed by atoms with Crippen molar-refractivity contribution in [3.8, 4) is 0 Å². The molecular formula is C11H17NNa2O4. The first-order valence-corrected chi connectivity index (χ1v) is 5.75. The quantitative estimate of drug-likeness (QED) is 0.354. The van der Waals surface area contributed by atoms with Crippen molar-refractivity contribution in [1.82, 2.24) is 4.90 Å². The Bertz CT molecular complexity index is 243. The van der Waals surface area contributed by atoms with Crippen LogP contribution in [0.5, 0.6) is 0 Å². The second-order valence-corrected chi connectivity index (χ2v) is 4.24. The summed E-state index contributed by atoms with van der Waals surface area (Å²) in [5, 5.41) is 21.0. The Morgan fingerprint density at radius 3 is 1.94 bits per heavy atom. The van der Waals surface area contributed by atoms with E-state index in [1.54, 1.807) is 0 Å². The maximum atomic E-state index is 10.5. The van der Waals surface area contributed by atoms with E-state index < -0.39 is 17.9 Å². The van der Waals surface area contributed by atoms with Crippen LogP contribution in [0.4, 0.5) is 0 Å². The van der Waals surface area contributed by atoms with Crippen molar-refractivity contribution in [2.45, 2.75) is 32.1 Å². The largest absolute Gasteiger partial charge is 1.00 e. The van der Waals surface area contributed by atoms with Crippen LogP contribution in [0, 0.1) is 5.92 Å². The number of nitrogens with zero attached hydrogens (tertiary/aromatic N) is 1. The average molecular weight is 273 g/mol. The van der Waals surface area contributed by atoms with Crippen molar-refractivity contribution in [3.63, 3.8) is 0 Å². The Morgan fingerprint density at radius 1 is 1.00 bits per heavy atom. The van der Waals surface area contributed by atoms with Crippen molar-refractivity contribution in [3.05, 3.63) is 0 Å². The van der Waals surface area contributed by atoms with Gasteiger partial charge in [-0.2, -0.15) is 0 Å². The van der Waals surface area contributed by atoms with Crippen LogP contribution < -0.4 is 69.3 Å². The SMILES string of the molecule is O=C([O-])C(CCCN1CCCCC1)C(=O)[O-].[Na+].[Na+]. The number of hydrogen-bond donors (Lipinski definition) is 0. The Hall–Kier alpha value is 0.900. The summed E-state index contributed by atoms with van der Waals surface area (Å²) in [6.45, 7) is 2.82. The molecule has 5 nitrogen and oxygen atoms in total. The van der Waals surface area contributed by atoms with Crippen molar-refractivity contribution in [2.24, 2.45) is 5.92 Å². The average Bonchev–Trinajstić information content (AvgIpc) is 2.24. The predicted octanol–water partition coefficient (Wildman–Crippen LogP) is -7.62. The van der Waals surface area contributed by atoms with Gasteiger partial charge in [0.25, 0.3) is 0 Å². The fourth-order valence-electron chi connectivity index (χ4n) is 2.03. The molecule has 18 heavy (non-hydrogen) atoms. The van der Waals surface area contributed by atoms with Crippen LogP contribution in [0.15, 0.2) is 0 Å². The minimum atomic E-state index is -1.54. The van der Waals surface area contributed by atoms with Gasteiger partial charge in [0.2, 0.25) is 0 Å². The minimum Gasteiger partial charge on any atom is -0.549 e. The molecule has 0 bridgehead atoms. The van der Waals surface area contributed by atoms with Gasteiger partial charge in [-0.25, -0.2) is 0 Å². The summed E-state index contributed by atoms with van der Waals surface area (Å²) in [6, 6.07) is 0.